The number of Topliss-reactive ketones (excluding diaryl/α,β-unsaturated/α-hetero) is 1. The van der Waals surface area contributed by atoms with Crippen molar-refractivity contribution in [1.82, 2.24) is 14.7 Å². The molecule has 170 valence electrons. The molecule has 9 heteroatoms. The molecule has 0 saturated carbocycles. The van der Waals surface area contributed by atoms with Gasteiger partial charge in [0.15, 0.2) is 17.3 Å². The molecule has 0 spiro atoms. The predicted octanol–water partition coefficient (Wildman–Crippen LogP) is 4.02. The van der Waals surface area contributed by atoms with Crippen molar-refractivity contribution in [2.45, 2.75) is 0 Å². The quantitative estimate of drug-likeness (QED) is 0.422. The van der Waals surface area contributed by atoms with E-state index in [1.807, 2.05) is 18.2 Å². The third-order valence-corrected chi connectivity index (χ3v) is 6.09. The van der Waals surface area contributed by atoms with E-state index in [4.69, 9.17) is 9.47 Å². The molecule has 2 aliphatic heterocycles. The number of amides is 2. The highest BCUT2D eigenvalue weighted by Crippen LogP contribution is 2.33. The van der Waals surface area contributed by atoms with Crippen LogP contribution in [0.25, 0.3) is 16.6 Å². The van der Waals surface area contributed by atoms with Crippen LogP contribution >= 0.6 is 0 Å². The number of rotatable bonds is 5. The van der Waals surface area contributed by atoms with Crippen LogP contribution in [0.15, 0.2) is 66.9 Å². The smallest absolute Gasteiger partial charge is 0.325 e. The lowest BCUT2D eigenvalue weighted by atomic mass is 10.1. The molecule has 6 rings (SSSR count). The molecule has 0 unspecified atom stereocenters. The number of halogens is 1. The van der Waals surface area contributed by atoms with Crippen LogP contribution in [0.3, 0.4) is 0 Å². The molecule has 0 radical (unpaired) electrons. The molecular formula is C25H19FN4O4. The zero-order chi connectivity index (χ0) is 23.2. The van der Waals surface area contributed by atoms with Gasteiger partial charge in [-0.25, -0.2) is 13.9 Å². The Morgan fingerprint density at radius 2 is 1.79 bits per heavy atom. The Labute approximate surface area is 193 Å². The second-order valence-corrected chi connectivity index (χ2v) is 8.06. The molecule has 0 atom stereocenters. The first-order chi connectivity index (χ1) is 16.6. The SMILES string of the molecule is O=C(CN1CCN(c2cccc3c2cnn3-c2ccccc2F)C1=O)c1ccc2c(c1)OCO2. The van der Waals surface area contributed by atoms with Crippen molar-refractivity contribution in [3.05, 3.63) is 78.2 Å². The van der Waals surface area contributed by atoms with Crippen molar-refractivity contribution in [1.29, 1.82) is 0 Å². The molecule has 8 nitrogen and oxygen atoms in total. The lowest BCUT2D eigenvalue weighted by molar-refractivity contribution is 0.0954. The van der Waals surface area contributed by atoms with Crippen LogP contribution in [0.2, 0.25) is 0 Å². The van der Waals surface area contributed by atoms with Crippen molar-refractivity contribution in [2.24, 2.45) is 0 Å². The van der Waals surface area contributed by atoms with E-state index in [1.165, 1.54) is 15.6 Å². The number of anilines is 1. The third-order valence-electron chi connectivity index (χ3n) is 6.09. The lowest BCUT2D eigenvalue weighted by Crippen LogP contribution is -2.35. The molecule has 2 aliphatic rings. The second kappa shape index (κ2) is 7.87. The highest BCUT2D eigenvalue weighted by atomic mass is 19.1. The van der Waals surface area contributed by atoms with Gasteiger partial charge in [0.2, 0.25) is 6.79 Å². The van der Waals surface area contributed by atoms with E-state index in [9.17, 15) is 14.0 Å². The van der Waals surface area contributed by atoms with Crippen LogP contribution in [0.1, 0.15) is 10.4 Å². The number of ketones is 1. The Bertz CT molecular complexity index is 1450. The van der Waals surface area contributed by atoms with Crippen LogP contribution in [0.4, 0.5) is 14.9 Å². The van der Waals surface area contributed by atoms with E-state index in [-0.39, 0.29) is 31.0 Å². The maximum Gasteiger partial charge on any atom is 0.325 e. The molecule has 1 aromatic heterocycles. The van der Waals surface area contributed by atoms with Crippen molar-refractivity contribution >= 4 is 28.4 Å². The van der Waals surface area contributed by atoms with Crippen LogP contribution < -0.4 is 14.4 Å². The molecule has 4 aromatic rings. The molecular weight excluding hydrogens is 439 g/mol. The van der Waals surface area contributed by atoms with Crippen LogP contribution in [0.5, 0.6) is 11.5 Å². The molecule has 0 bridgehead atoms. The first-order valence-electron chi connectivity index (χ1n) is 10.8. The van der Waals surface area contributed by atoms with Crippen molar-refractivity contribution in [2.75, 3.05) is 31.3 Å². The lowest BCUT2D eigenvalue weighted by Gasteiger charge is -2.19. The molecule has 1 saturated heterocycles. The molecule has 0 aliphatic carbocycles. The average molecular weight is 458 g/mol. The fraction of sp³-hybridized carbons (Fsp3) is 0.160. The van der Waals surface area contributed by atoms with Crippen LogP contribution in [-0.2, 0) is 0 Å². The van der Waals surface area contributed by atoms with Crippen molar-refractivity contribution in [3.63, 3.8) is 0 Å². The minimum atomic E-state index is -0.386. The van der Waals surface area contributed by atoms with Gasteiger partial charge in [0.25, 0.3) is 0 Å². The summed E-state index contributed by atoms with van der Waals surface area (Å²) in [6.45, 7) is 0.926. The number of benzene rings is 3. The number of carbonyl (C=O) groups is 2. The number of aromatic nitrogens is 2. The summed E-state index contributed by atoms with van der Waals surface area (Å²) in [6.07, 6.45) is 1.63. The summed E-state index contributed by atoms with van der Waals surface area (Å²) in [5.41, 5.74) is 2.15. The standard InChI is InChI=1S/C25H19FN4O4/c26-18-4-1-2-5-21(18)30-20-7-3-6-19(17(20)13-27-30)29-11-10-28(25(29)32)14-22(31)16-8-9-23-24(12-16)34-15-33-23/h1-9,12-13H,10-11,14-15H2. The monoisotopic (exact) mass is 458 g/mol. The van der Waals surface area contributed by atoms with Gasteiger partial charge in [-0.1, -0.05) is 18.2 Å². The van der Waals surface area contributed by atoms with Gasteiger partial charge in [0, 0.05) is 24.0 Å². The fourth-order valence-electron chi connectivity index (χ4n) is 4.37. The van der Waals surface area contributed by atoms with Gasteiger partial charge >= 0.3 is 6.03 Å². The van der Waals surface area contributed by atoms with Crippen molar-refractivity contribution in [3.8, 4) is 17.2 Å². The Morgan fingerprint density at radius 3 is 2.68 bits per heavy atom. The number of para-hydroxylation sites is 1. The maximum absolute atomic E-state index is 14.4. The molecule has 0 N–H and O–H groups in total. The van der Waals surface area contributed by atoms with Gasteiger partial charge in [0.1, 0.15) is 11.5 Å². The van der Waals surface area contributed by atoms with Crippen LogP contribution in [0, 0.1) is 5.82 Å². The second-order valence-electron chi connectivity index (χ2n) is 8.06. The maximum atomic E-state index is 14.4. The third kappa shape index (κ3) is 3.24. The minimum Gasteiger partial charge on any atom is -0.454 e. The van der Waals surface area contributed by atoms with E-state index in [0.29, 0.717) is 47.0 Å². The number of carbonyl (C=O) groups excluding carboxylic acids is 2. The largest absolute Gasteiger partial charge is 0.454 e. The summed E-state index contributed by atoms with van der Waals surface area (Å²) in [7, 11) is 0. The zero-order valence-corrected chi connectivity index (χ0v) is 18.0. The predicted molar refractivity (Wildman–Crippen MR) is 122 cm³/mol. The number of nitrogens with zero attached hydrogens (tertiary/aromatic N) is 4. The number of ether oxygens (including phenoxy) is 2. The first kappa shape index (κ1) is 20.2. The molecule has 34 heavy (non-hydrogen) atoms. The number of hydrogen-bond acceptors (Lipinski definition) is 5. The fourth-order valence-corrected chi connectivity index (χ4v) is 4.37. The van der Waals surface area contributed by atoms with E-state index >= 15 is 0 Å². The van der Waals surface area contributed by atoms with E-state index in [1.54, 1.807) is 47.5 Å². The number of urea groups is 1. The summed E-state index contributed by atoms with van der Waals surface area (Å²) >= 11 is 0. The Kier molecular flexibility index (Phi) is 4.68. The topological polar surface area (TPSA) is 76.9 Å². The number of hydrogen-bond donors (Lipinski definition) is 0. The minimum absolute atomic E-state index is 0.0422. The first-order valence-corrected chi connectivity index (χ1v) is 10.8. The summed E-state index contributed by atoms with van der Waals surface area (Å²) in [4.78, 5) is 29.2. The summed E-state index contributed by atoms with van der Waals surface area (Å²) in [5.74, 6) is 0.560. The van der Waals surface area contributed by atoms with Crippen LogP contribution in [-0.4, -0.2) is 52.9 Å². The Hall–Kier alpha value is -4.40. The van der Waals surface area contributed by atoms with Gasteiger partial charge in [-0.15, -0.1) is 0 Å². The number of fused-ring (bicyclic) bond motifs is 2. The Morgan fingerprint density at radius 1 is 0.971 bits per heavy atom. The normalized spacial score (nSPS) is 14.9. The average Bonchev–Trinajstić information content (AvgIpc) is 3.58. The summed E-state index contributed by atoms with van der Waals surface area (Å²) in [5, 5.41) is 5.09. The van der Waals surface area contributed by atoms with E-state index < -0.39 is 0 Å². The molecule has 3 aromatic carbocycles. The highest BCUT2D eigenvalue weighted by molar-refractivity contribution is 6.06. The summed E-state index contributed by atoms with van der Waals surface area (Å²) < 4.78 is 26.5. The van der Waals surface area contributed by atoms with Gasteiger partial charge in [-0.2, -0.15) is 5.10 Å². The Balaban J connectivity index is 1.25. The van der Waals surface area contributed by atoms with Gasteiger partial charge in [-0.05, 0) is 42.5 Å². The van der Waals surface area contributed by atoms with Gasteiger partial charge < -0.3 is 14.4 Å². The molecule has 3 heterocycles. The van der Waals surface area contributed by atoms with Crippen molar-refractivity contribution < 1.29 is 23.5 Å². The molecule has 1 fully saturated rings. The molecule has 2 amide bonds. The van der Waals surface area contributed by atoms with Gasteiger partial charge in [-0.3, -0.25) is 9.69 Å². The highest BCUT2D eigenvalue weighted by Gasteiger charge is 2.32. The van der Waals surface area contributed by atoms with E-state index in [2.05, 4.69) is 5.10 Å². The zero-order valence-electron chi connectivity index (χ0n) is 18.0. The summed E-state index contributed by atoms with van der Waals surface area (Å²) in [6, 6.07) is 16.6. The van der Waals surface area contributed by atoms with Gasteiger partial charge in [0.05, 0.1) is 23.9 Å². The van der Waals surface area contributed by atoms with E-state index in [0.717, 1.165) is 5.39 Å².